The molecule has 6 heteroatoms. The second-order valence-electron chi connectivity index (χ2n) is 7.19. The molecule has 0 aliphatic heterocycles. The average molecular weight is 392 g/mol. The van der Waals surface area contributed by atoms with Gasteiger partial charge in [-0.3, -0.25) is 4.79 Å². The maximum absolute atomic E-state index is 13.0. The van der Waals surface area contributed by atoms with Crippen LogP contribution in [0.4, 0.5) is 10.1 Å². The van der Waals surface area contributed by atoms with E-state index in [1.165, 1.54) is 12.1 Å². The third-order valence-electron chi connectivity index (χ3n) is 4.41. The zero-order chi connectivity index (χ0) is 20.2. The number of benzene rings is 2. The lowest BCUT2D eigenvalue weighted by atomic mass is 9.92. The third kappa shape index (κ3) is 5.39. The van der Waals surface area contributed by atoms with Gasteiger partial charge in [0, 0.05) is 12.1 Å². The Hall–Kier alpha value is -2.21. The van der Waals surface area contributed by atoms with E-state index in [-0.39, 0.29) is 34.8 Å². The van der Waals surface area contributed by atoms with Gasteiger partial charge >= 0.3 is 0 Å². The van der Waals surface area contributed by atoms with E-state index >= 15 is 0 Å². The molecule has 146 valence electrons. The van der Waals surface area contributed by atoms with Gasteiger partial charge in [-0.25, -0.2) is 12.8 Å². The molecule has 0 radical (unpaired) electrons. The van der Waals surface area contributed by atoms with Gasteiger partial charge in [-0.1, -0.05) is 45.9 Å². The van der Waals surface area contributed by atoms with Crippen LogP contribution in [-0.4, -0.2) is 20.1 Å². The van der Waals surface area contributed by atoms with Crippen molar-refractivity contribution in [3.63, 3.8) is 0 Å². The topological polar surface area (TPSA) is 63.2 Å². The normalized spacial score (nSPS) is 11.8. The van der Waals surface area contributed by atoms with Gasteiger partial charge in [0.05, 0.1) is 10.6 Å². The molecule has 0 atom stereocenters. The second kappa shape index (κ2) is 8.65. The Kier molecular flexibility index (Phi) is 6.76. The van der Waals surface area contributed by atoms with E-state index in [0.29, 0.717) is 0 Å². The van der Waals surface area contributed by atoms with Crippen LogP contribution in [0.1, 0.15) is 57.1 Å². The van der Waals surface area contributed by atoms with Gasteiger partial charge in [0.25, 0.3) is 0 Å². The highest BCUT2D eigenvalue weighted by Crippen LogP contribution is 2.32. The Morgan fingerprint density at radius 3 is 1.96 bits per heavy atom. The van der Waals surface area contributed by atoms with Crippen LogP contribution in [0.25, 0.3) is 0 Å². The molecule has 1 amide bonds. The summed E-state index contributed by atoms with van der Waals surface area (Å²) in [5.74, 6) is -0.733. The Morgan fingerprint density at radius 2 is 1.48 bits per heavy atom. The molecule has 0 unspecified atom stereocenters. The van der Waals surface area contributed by atoms with Gasteiger partial charge in [0.2, 0.25) is 5.91 Å². The lowest BCUT2D eigenvalue weighted by Gasteiger charge is -2.20. The van der Waals surface area contributed by atoms with Crippen LogP contribution < -0.4 is 5.32 Å². The van der Waals surface area contributed by atoms with Crippen molar-refractivity contribution < 1.29 is 17.6 Å². The number of rotatable bonds is 7. The monoisotopic (exact) mass is 391 g/mol. The van der Waals surface area contributed by atoms with Crippen LogP contribution in [0.15, 0.2) is 47.4 Å². The molecule has 4 nitrogen and oxygen atoms in total. The minimum atomic E-state index is -3.64. The van der Waals surface area contributed by atoms with Crippen molar-refractivity contribution >= 4 is 21.4 Å². The van der Waals surface area contributed by atoms with Crippen LogP contribution in [-0.2, 0) is 14.6 Å². The fourth-order valence-corrected chi connectivity index (χ4v) is 4.12. The van der Waals surface area contributed by atoms with E-state index in [4.69, 9.17) is 0 Å². The van der Waals surface area contributed by atoms with Crippen LogP contribution in [0.5, 0.6) is 0 Å². The quantitative estimate of drug-likeness (QED) is 0.685. The predicted octanol–water partition coefficient (Wildman–Crippen LogP) is 4.88. The third-order valence-corrected chi connectivity index (χ3v) is 6.14. The van der Waals surface area contributed by atoms with E-state index in [9.17, 15) is 17.6 Å². The van der Waals surface area contributed by atoms with E-state index in [1.54, 1.807) is 0 Å². The fourth-order valence-electron chi connectivity index (χ4n) is 2.88. The number of nitrogens with one attached hydrogen (secondary N) is 1. The van der Waals surface area contributed by atoms with Gasteiger partial charge in [-0.05, 0) is 47.2 Å². The summed E-state index contributed by atoms with van der Waals surface area (Å²) in [6.07, 6.45) is -0.163. The molecule has 27 heavy (non-hydrogen) atoms. The molecule has 0 saturated carbocycles. The summed E-state index contributed by atoms with van der Waals surface area (Å²) in [5, 5.41) is 2.91. The minimum absolute atomic E-state index is 0.0159. The summed E-state index contributed by atoms with van der Waals surface area (Å²) in [6.45, 7) is 8.20. The van der Waals surface area contributed by atoms with E-state index in [0.717, 1.165) is 28.9 Å². The lowest BCUT2D eigenvalue weighted by molar-refractivity contribution is -0.115. The largest absolute Gasteiger partial charge is 0.326 e. The van der Waals surface area contributed by atoms with Gasteiger partial charge < -0.3 is 5.32 Å². The van der Waals surface area contributed by atoms with Crippen LogP contribution in [0.3, 0.4) is 0 Å². The highest BCUT2D eigenvalue weighted by atomic mass is 32.2. The molecule has 2 aromatic rings. The number of amides is 1. The Morgan fingerprint density at radius 1 is 0.963 bits per heavy atom. The first-order valence-corrected chi connectivity index (χ1v) is 10.7. The van der Waals surface area contributed by atoms with Crippen molar-refractivity contribution in [1.29, 1.82) is 0 Å². The SMILES string of the molecule is CC(C)c1cccc(C(C)C)c1NC(=O)CCS(=O)(=O)c1ccc(F)cc1. The first kappa shape index (κ1) is 21.1. The number of sulfone groups is 1. The summed E-state index contributed by atoms with van der Waals surface area (Å²) in [5.41, 5.74) is 2.82. The molecular formula is C21H26FNO3S. The summed E-state index contributed by atoms with van der Waals surface area (Å²) >= 11 is 0. The average Bonchev–Trinajstić information content (AvgIpc) is 2.60. The van der Waals surface area contributed by atoms with Crippen molar-refractivity contribution in [2.45, 2.75) is 50.8 Å². The maximum Gasteiger partial charge on any atom is 0.225 e. The van der Waals surface area contributed by atoms with Crippen molar-refractivity contribution in [2.75, 3.05) is 11.1 Å². The number of para-hydroxylation sites is 1. The van der Waals surface area contributed by atoms with Crippen LogP contribution in [0, 0.1) is 5.82 Å². The number of halogens is 1. The molecule has 0 aliphatic carbocycles. The second-order valence-corrected chi connectivity index (χ2v) is 9.30. The zero-order valence-corrected chi connectivity index (χ0v) is 16.9. The Bertz CT molecular complexity index is 877. The molecule has 0 spiro atoms. The molecular weight excluding hydrogens is 365 g/mol. The fraction of sp³-hybridized carbons (Fsp3) is 0.381. The molecule has 0 aromatic heterocycles. The molecule has 2 aromatic carbocycles. The van der Waals surface area contributed by atoms with Crippen molar-refractivity contribution in [3.05, 3.63) is 59.4 Å². The molecule has 0 bridgehead atoms. The summed E-state index contributed by atoms with van der Waals surface area (Å²) < 4.78 is 37.7. The smallest absolute Gasteiger partial charge is 0.225 e. The van der Waals surface area contributed by atoms with Gasteiger partial charge in [-0.2, -0.15) is 0 Å². The number of carbonyl (C=O) groups is 1. The van der Waals surface area contributed by atoms with Gasteiger partial charge in [0.1, 0.15) is 5.82 Å². The Balaban J connectivity index is 2.15. The first-order valence-electron chi connectivity index (χ1n) is 9.02. The molecule has 2 rings (SSSR count). The van der Waals surface area contributed by atoms with Gasteiger partial charge in [0.15, 0.2) is 9.84 Å². The first-order chi connectivity index (χ1) is 12.6. The van der Waals surface area contributed by atoms with Crippen molar-refractivity contribution in [3.8, 4) is 0 Å². The van der Waals surface area contributed by atoms with Crippen LogP contribution in [0.2, 0.25) is 0 Å². The maximum atomic E-state index is 13.0. The molecule has 0 saturated heterocycles. The van der Waals surface area contributed by atoms with Gasteiger partial charge in [-0.15, -0.1) is 0 Å². The van der Waals surface area contributed by atoms with E-state index < -0.39 is 15.7 Å². The summed E-state index contributed by atoms with van der Waals surface area (Å²) in [4.78, 5) is 12.5. The Labute approximate surface area is 160 Å². The standard InChI is InChI=1S/C21H26FNO3S/c1-14(2)18-6-5-7-19(15(3)4)21(18)23-20(24)12-13-27(25,26)17-10-8-16(22)9-11-17/h5-11,14-15H,12-13H2,1-4H3,(H,23,24). The van der Waals surface area contributed by atoms with Crippen LogP contribution >= 0.6 is 0 Å². The molecule has 0 fully saturated rings. The number of hydrogen-bond acceptors (Lipinski definition) is 3. The predicted molar refractivity (Wildman–Crippen MR) is 106 cm³/mol. The number of carbonyl (C=O) groups excluding carboxylic acids is 1. The zero-order valence-electron chi connectivity index (χ0n) is 16.1. The minimum Gasteiger partial charge on any atom is -0.326 e. The van der Waals surface area contributed by atoms with E-state index in [1.807, 2.05) is 45.9 Å². The van der Waals surface area contributed by atoms with E-state index in [2.05, 4.69) is 5.32 Å². The number of anilines is 1. The summed E-state index contributed by atoms with van der Waals surface area (Å²) in [6, 6.07) is 10.5. The molecule has 0 heterocycles. The van der Waals surface area contributed by atoms with Crippen molar-refractivity contribution in [2.24, 2.45) is 0 Å². The lowest BCUT2D eigenvalue weighted by Crippen LogP contribution is -2.19. The summed E-state index contributed by atoms with van der Waals surface area (Å²) in [7, 11) is -3.64. The number of hydrogen-bond donors (Lipinski definition) is 1. The molecule has 1 N–H and O–H groups in total. The highest BCUT2D eigenvalue weighted by Gasteiger charge is 2.19. The van der Waals surface area contributed by atoms with Crippen molar-refractivity contribution in [1.82, 2.24) is 0 Å². The molecule has 0 aliphatic rings. The highest BCUT2D eigenvalue weighted by molar-refractivity contribution is 7.91.